The van der Waals surface area contributed by atoms with Crippen molar-refractivity contribution in [2.45, 2.75) is 46.7 Å². The largest absolute Gasteiger partial charge is 0.427 e. The third kappa shape index (κ3) is 5.29. The molecular weight excluding hydrogens is 472 g/mol. The number of hydrogen-bond acceptors (Lipinski definition) is 7. The maximum atomic E-state index is 13.2. The number of aromatic nitrogens is 1. The molecule has 3 aromatic carbocycles. The number of benzene rings is 3. The highest BCUT2D eigenvalue weighted by Gasteiger charge is 2.21. The molecule has 0 aliphatic heterocycles. The fourth-order valence-electron chi connectivity index (χ4n) is 4.42. The zero-order valence-corrected chi connectivity index (χ0v) is 21.2. The van der Waals surface area contributed by atoms with E-state index in [1.807, 2.05) is 38.1 Å². The Bertz CT molecular complexity index is 1520. The van der Waals surface area contributed by atoms with Gasteiger partial charge in [-0.05, 0) is 74.0 Å². The Labute approximate surface area is 214 Å². The molecule has 8 heteroatoms. The topological polar surface area (TPSA) is 104 Å². The van der Waals surface area contributed by atoms with E-state index in [4.69, 9.17) is 9.57 Å². The summed E-state index contributed by atoms with van der Waals surface area (Å²) in [6, 6.07) is 16.8. The molecule has 0 aliphatic rings. The molecule has 1 aromatic heterocycles. The molecule has 37 heavy (non-hydrogen) atoms. The highest BCUT2D eigenvalue weighted by atomic mass is 16.7. The first-order valence-corrected chi connectivity index (χ1v) is 12.1. The van der Waals surface area contributed by atoms with Crippen LogP contribution >= 0.6 is 0 Å². The Morgan fingerprint density at radius 2 is 1.35 bits per heavy atom. The van der Waals surface area contributed by atoms with Crippen molar-refractivity contribution >= 4 is 45.3 Å². The molecule has 190 valence electrons. The number of rotatable bonds is 9. The van der Waals surface area contributed by atoms with Gasteiger partial charge in [-0.15, -0.1) is 5.48 Å². The Hall–Kier alpha value is -4.30. The molecule has 0 amide bonds. The van der Waals surface area contributed by atoms with E-state index in [1.165, 1.54) is 13.8 Å². The molecule has 1 N–H and O–H groups in total. The van der Waals surface area contributed by atoms with E-state index < -0.39 is 18.0 Å². The lowest BCUT2D eigenvalue weighted by molar-refractivity contribution is -0.149. The number of nitrogens with one attached hydrogen (secondary N) is 1. The molecule has 0 radical (unpaired) electrons. The van der Waals surface area contributed by atoms with Gasteiger partial charge in [0, 0.05) is 58.9 Å². The lowest BCUT2D eigenvalue weighted by atomic mass is 9.98. The summed E-state index contributed by atoms with van der Waals surface area (Å²) >= 11 is 0. The summed E-state index contributed by atoms with van der Waals surface area (Å²) in [6.07, 6.45) is 0.440. The van der Waals surface area contributed by atoms with Crippen molar-refractivity contribution < 1.29 is 28.8 Å². The molecule has 0 fully saturated rings. The Morgan fingerprint density at radius 3 is 1.89 bits per heavy atom. The minimum Gasteiger partial charge on any atom is -0.427 e. The molecule has 0 spiro atoms. The number of aryl methyl sites for hydroxylation is 1. The van der Waals surface area contributed by atoms with Crippen LogP contribution in [0.25, 0.3) is 21.8 Å². The monoisotopic (exact) mass is 500 g/mol. The third-order valence-electron chi connectivity index (χ3n) is 6.18. The van der Waals surface area contributed by atoms with Crippen molar-refractivity contribution in [3.8, 4) is 5.75 Å². The average Bonchev–Trinajstić information content (AvgIpc) is 3.20. The van der Waals surface area contributed by atoms with E-state index in [0.717, 1.165) is 21.8 Å². The van der Waals surface area contributed by atoms with E-state index in [1.54, 1.807) is 36.4 Å². The smallest absolute Gasteiger partial charge is 0.321 e. The zero-order valence-electron chi connectivity index (χ0n) is 21.2. The lowest BCUT2D eigenvalue weighted by Gasteiger charge is -2.14. The number of esters is 1. The van der Waals surface area contributed by atoms with Crippen molar-refractivity contribution in [1.29, 1.82) is 0 Å². The average molecular weight is 501 g/mol. The summed E-state index contributed by atoms with van der Waals surface area (Å²) < 4.78 is 7.18. The van der Waals surface area contributed by atoms with Crippen molar-refractivity contribution in [3.63, 3.8) is 0 Å². The normalized spacial score (nSPS) is 11.9. The van der Waals surface area contributed by atoms with Crippen molar-refractivity contribution in [1.82, 2.24) is 10.0 Å². The van der Waals surface area contributed by atoms with Crippen molar-refractivity contribution in [2.75, 3.05) is 0 Å². The highest BCUT2D eigenvalue weighted by Crippen LogP contribution is 2.32. The summed E-state index contributed by atoms with van der Waals surface area (Å²) in [5.41, 5.74) is 5.90. The summed E-state index contributed by atoms with van der Waals surface area (Å²) in [4.78, 5) is 53.6. The minimum atomic E-state index is -0.673. The zero-order chi connectivity index (χ0) is 26.7. The van der Waals surface area contributed by atoms with Crippen LogP contribution in [-0.4, -0.2) is 34.1 Å². The fourth-order valence-corrected chi connectivity index (χ4v) is 4.42. The summed E-state index contributed by atoms with van der Waals surface area (Å²) in [5.74, 6) is -0.940. The van der Waals surface area contributed by atoms with Gasteiger partial charge in [0.25, 0.3) is 0 Å². The van der Waals surface area contributed by atoms with Gasteiger partial charge in [0.05, 0.1) is 0 Å². The molecule has 0 saturated heterocycles. The van der Waals surface area contributed by atoms with Gasteiger partial charge < -0.3 is 14.1 Å². The summed E-state index contributed by atoms with van der Waals surface area (Å²) in [5, 5.41) is 1.71. The first kappa shape index (κ1) is 25.8. The van der Waals surface area contributed by atoms with Crippen LogP contribution in [0.3, 0.4) is 0 Å². The van der Waals surface area contributed by atoms with E-state index in [2.05, 4.69) is 10.0 Å². The van der Waals surface area contributed by atoms with Gasteiger partial charge >= 0.3 is 11.9 Å². The van der Waals surface area contributed by atoms with E-state index in [-0.39, 0.29) is 11.6 Å². The van der Waals surface area contributed by atoms with Crippen LogP contribution in [0.1, 0.15) is 60.4 Å². The van der Waals surface area contributed by atoms with E-state index in [9.17, 15) is 19.2 Å². The SMILES string of the molecule is CCC(NOC(C)=O)C(=O)c1ccc2c(c1)c1cc(C(=O)c3ccc(OC(C)=O)cc3)ccc1n2CC. The van der Waals surface area contributed by atoms with Gasteiger partial charge in [0.15, 0.2) is 11.6 Å². The predicted molar refractivity (Wildman–Crippen MR) is 140 cm³/mol. The summed E-state index contributed by atoms with van der Waals surface area (Å²) in [7, 11) is 0. The number of nitrogens with zero attached hydrogens (tertiary/aromatic N) is 1. The standard InChI is InChI=1S/C29H28N2O6/c1-5-25(30-37-18(4)33)29(35)21-10-14-27-24(16-21)23-15-20(9-13-26(23)31(27)6-2)28(34)19-7-11-22(12-8-19)36-17(3)32/h7-16,25,30H,5-6H2,1-4H3. The fraction of sp³-hybridized carbons (Fsp3) is 0.241. The maximum absolute atomic E-state index is 13.2. The van der Waals surface area contributed by atoms with Gasteiger partial charge in [-0.2, -0.15) is 0 Å². The van der Waals surface area contributed by atoms with Crippen molar-refractivity contribution in [2.24, 2.45) is 0 Å². The van der Waals surface area contributed by atoms with Gasteiger partial charge in [-0.1, -0.05) is 6.92 Å². The maximum Gasteiger partial charge on any atom is 0.321 e. The highest BCUT2D eigenvalue weighted by molar-refractivity contribution is 6.16. The van der Waals surface area contributed by atoms with Crippen LogP contribution in [0.15, 0.2) is 60.7 Å². The van der Waals surface area contributed by atoms with Crippen LogP contribution in [0.5, 0.6) is 5.75 Å². The van der Waals surface area contributed by atoms with Gasteiger partial charge in [-0.25, -0.2) is 0 Å². The molecule has 0 bridgehead atoms. The molecular formula is C29H28N2O6. The molecule has 8 nitrogen and oxygen atoms in total. The lowest BCUT2D eigenvalue weighted by Crippen LogP contribution is -2.37. The van der Waals surface area contributed by atoms with Crippen LogP contribution < -0.4 is 10.2 Å². The molecule has 1 heterocycles. The van der Waals surface area contributed by atoms with Gasteiger partial charge in [0.2, 0.25) is 0 Å². The molecule has 1 unspecified atom stereocenters. The number of Topliss-reactive ketones (excluding diaryl/α,β-unsaturated/α-hetero) is 1. The van der Waals surface area contributed by atoms with Crippen LogP contribution in [0.2, 0.25) is 0 Å². The molecule has 0 saturated carbocycles. The number of carbonyl (C=O) groups excluding carboxylic acids is 4. The van der Waals surface area contributed by atoms with E-state index in [0.29, 0.717) is 35.4 Å². The van der Waals surface area contributed by atoms with Crippen LogP contribution in [-0.2, 0) is 21.0 Å². The molecule has 4 rings (SSSR count). The first-order valence-electron chi connectivity index (χ1n) is 12.1. The third-order valence-corrected chi connectivity index (χ3v) is 6.18. The van der Waals surface area contributed by atoms with E-state index >= 15 is 0 Å². The van der Waals surface area contributed by atoms with Crippen molar-refractivity contribution in [3.05, 3.63) is 77.4 Å². The molecule has 0 aliphatic carbocycles. The van der Waals surface area contributed by atoms with Gasteiger partial charge in [0.1, 0.15) is 11.8 Å². The molecule has 1 atom stereocenters. The second-order valence-corrected chi connectivity index (χ2v) is 8.69. The Morgan fingerprint density at radius 1 is 0.784 bits per heavy atom. The number of carbonyl (C=O) groups is 4. The number of ether oxygens (including phenoxy) is 1. The second kappa shape index (κ2) is 10.8. The van der Waals surface area contributed by atoms with Crippen LogP contribution in [0.4, 0.5) is 0 Å². The molecule has 4 aromatic rings. The number of ketones is 2. The number of hydrogen-bond donors (Lipinski definition) is 1. The Balaban J connectivity index is 1.74. The van der Waals surface area contributed by atoms with Crippen LogP contribution in [0, 0.1) is 0 Å². The van der Waals surface area contributed by atoms with Gasteiger partial charge in [-0.3, -0.25) is 19.2 Å². The minimum absolute atomic E-state index is 0.169. The first-order chi connectivity index (χ1) is 17.7. The Kier molecular flexibility index (Phi) is 7.50. The quantitative estimate of drug-likeness (QED) is 0.149. The second-order valence-electron chi connectivity index (χ2n) is 8.69. The number of fused-ring (bicyclic) bond motifs is 3. The predicted octanol–water partition coefficient (Wildman–Crippen LogP) is 5.00. The summed E-state index contributed by atoms with van der Waals surface area (Å²) in [6.45, 7) is 7.17. The number of hydroxylamine groups is 1.